The number of carbonyl (C=O) groups is 1. The first-order chi connectivity index (χ1) is 16.0. The number of carbonyl (C=O) groups excluding carboxylic acids is 1. The molecular formula is C27H18ClNO4. The van der Waals surface area contributed by atoms with Crippen LogP contribution in [0.3, 0.4) is 0 Å². The lowest BCUT2D eigenvalue weighted by Crippen LogP contribution is -2.43. The molecule has 0 fully saturated rings. The van der Waals surface area contributed by atoms with Crippen molar-refractivity contribution in [1.29, 1.82) is 0 Å². The summed E-state index contributed by atoms with van der Waals surface area (Å²) in [6.07, 6.45) is 0. The van der Waals surface area contributed by atoms with Gasteiger partial charge in [-0.2, -0.15) is 0 Å². The summed E-state index contributed by atoms with van der Waals surface area (Å²) < 4.78 is 6.10. The number of phenols is 2. The van der Waals surface area contributed by atoms with Crippen LogP contribution in [-0.2, 0) is 16.8 Å². The van der Waals surface area contributed by atoms with Gasteiger partial charge in [0.15, 0.2) is 0 Å². The lowest BCUT2D eigenvalue weighted by Gasteiger charge is -2.36. The van der Waals surface area contributed by atoms with Crippen LogP contribution in [0.2, 0.25) is 5.02 Å². The number of fused-ring (bicyclic) bond motifs is 6. The van der Waals surface area contributed by atoms with Crippen LogP contribution >= 0.6 is 11.6 Å². The molecule has 4 aromatic carbocycles. The molecule has 162 valence electrons. The maximum Gasteiger partial charge on any atom is 0.247 e. The lowest BCUT2D eigenvalue weighted by atomic mass is 9.68. The van der Waals surface area contributed by atoms with Crippen molar-refractivity contribution in [2.24, 2.45) is 0 Å². The third-order valence-electron chi connectivity index (χ3n) is 6.41. The summed E-state index contributed by atoms with van der Waals surface area (Å²) in [4.78, 5) is 16.2. The van der Waals surface area contributed by atoms with Crippen LogP contribution in [0, 0.1) is 0 Å². The summed E-state index contributed by atoms with van der Waals surface area (Å²) in [5, 5.41) is 21.3. The Balaban J connectivity index is 1.66. The van der Waals surface area contributed by atoms with Gasteiger partial charge in [-0.3, -0.25) is 4.79 Å². The minimum absolute atomic E-state index is 0.0233. The lowest BCUT2D eigenvalue weighted by molar-refractivity contribution is -0.121. The summed E-state index contributed by atoms with van der Waals surface area (Å²) in [5.41, 5.74) is 2.08. The van der Waals surface area contributed by atoms with Crippen molar-refractivity contribution in [2.45, 2.75) is 12.0 Å². The van der Waals surface area contributed by atoms with E-state index in [1.165, 1.54) is 12.1 Å². The van der Waals surface area contributed by atoms with Gasteiger partial charge >= 0.3 is 0 Å². The molecule has 6 rings (SSSR count). The Morgan fingerprint density at radius 1 is 0.788 bits per heavy atom. The Hall–Kier alpha value is -3.96. The first-order valence-corrected chi connectivity index (χ1v) is 10.9. The molecule has 2 N–H and O–H groups in total. The van der Waals surface area contributed by atoms with Gasteiger partial charge in [0.1, 0.15) is 28.4 Å². The second-order valence-electron chi connectivity index (χ2n) is 8.21. The first-order valence-electron chi connectivity index (χ1n) is 10.5. The van der Waals surface area contributed by atoms with E-state index < -0.39 is 5.41 Å². The highest BCUT2D eigenvalue weighted by molar-refractivity contribution is 6.31. The normalized spacial score (nSPS) is 15.1. The second-order valence-corrected chi connectivity index (χ2v) is 8.62. The zero-order valence-electron chi connectivity index (χ0n) is 17.3. The molecule has 0 unspecified atom stereocenters. The number of para-hydroxylation sites is 1. The van der Waals surface area contributed by atoms with Crippen LogP contribution in [0.5, 0.6) is 23.0 Å². The van der Waals surface area contributed by atoms with Crippen molar-refractivity contribution in [3.63, 3.8) is 0 Å². The van der Waals surface area contributed by atoms with Crippen LogP contribution in [0.1, 0.15) is 22.3 Å². The number of benzene rings is 4. The van der Waals surface area contributed by atoms with Crippen molar-refractivity contribution in [1.82, 2.24) is 0 Å². The molecular weight excluding hydrogens is 438 g/mol. The standard InChI is InChI=1S/C27H18ClNO4/c28-22-7-3-1-5-16(22)15-29-23-8-4-2-6-19(23)27(26(29)32)20-13-17(30)9-11-24(20)33-25-12-10-18(31)14-21(25)27/h1-14,30-31H,15H2. The van der Waals surface area contributed by atoms with Crippen LogP contribution in [0.15, 0.2) is 84.9 Å². The summed E-state index contributed by atoms with van der Waals surface area (Å²) in [5.74, 6) is 0.804. The Bertz CT molecular complexity index is 1400. The minimum atomic E-state index is -1.29. The van der Waals surface area contributed by atoms with Gasteiger partial charge in [-0.05, 0) is 54.1 Å². The number of halogens is 1. The predicted octanol–water partition coefficient (Wildman–Crippen LogP) is 5.74. The second kappa shape index (κ2) is 7.02. The largest absolute Gasteiger partial charge is 0.508 e. The summed E-state index contributed by atoms with van der Waals surface area (Å²) in [6, 6.07) is 24.5. The average molecular weight is 456 g/mol. The third-order valence-corrected chi connectivity index (χ3v) is 6.77. The highest BCUT2D eigenvalue weighted by Crippen LogP contribution is 2.59. The molecule has 33 heavy (non-hydrogen) atoms. The number of ether oxygens (including phenoxy) is 1. The van der Waals surface area contributed by atoms with E-state index in [-0.39, 0.29) is 24.0 Å². The number of rotatable bonds is 2. The molecule has 2 aliphatic heterocycles. The number of aromatic hydroxyl groups is 2. The molecule has 1 spiro atoms. The summed E-state index contributed by atoms with van der Waals surface area (Å²) in [6.45, 7) is 0.278. The number of phenolic OH excluding ortho intramolecular Hbond substituents is 2. The fourth-order valence-electron chi connectivity index (χ4n) is 4.99. The van der Waals surface area contributed by atoms with E-state index >= 15 is 0 Å². The Morgan fingerprint density at radius 3 is 2.06 bits per heavy atom. The van der Waals surface area contributed by atoms with Crippen molar-refractivity contribution in [3.8, 4) is 23.0 Å². The van der Waals surface area contributed by atoms with Crippen LogP contribution in [0.25, 0.3) is 0 Å². The van der Waals surface area contributed by atoms with Crippen molar-refractivity contribution in [3.05, 3.63) is 112 Å². The zero-order chi connectivity index (χ0) is 22.7. The quantitative estimate of drug-likeness (QED) is 0.404. The van der Waals surface area contributed by atoms with Gasteiger partial charge in [0, 0.05) is 27.4 Å². The van der Waals surface area contributed by atoms with E-state index in [9.17, 15) is 15.0 Å². The molecule has 0 atom stereocenters. The van der Waals surface area contributed by atoms with Crippen LogP contribution in [0.4, 0.5) is 5.69 Å². The average Bonchev–Trinajstić information content (AvgIpc) is 3.05. The van der Waals surface area contributed by atoms with E-state index in [1.54, 1.807) is 35.2 Å². The number of nitrogens with zero attached hydrogens (tertiary/aromatic N) is 1. The Morgan fingerprint density at radius 2 is 1.39 bits per heavy atom. The van der Waals surface area contributed by atoms with Gasteiger partial charge < -0.3 is 19.8 Å². The van der Waals surface area contributed by atoms with Gasteiger partial charge in [-0.15, -0.1) is 0 Å². The van der Waals surface area contributed by atoms with Gasteiger partial charge in [0.05, 0.1) is 6.54 Å². The smallest absolute Gasteiger partial charge is 0.247 e. The molecule has 0 aromatic heterocycles. The molecule has 6 heteroatoms. The van der Waals surface area contributed by atoms with E-state index in [0.29, 0.717) is 27.6 Å². The molecule has 0 saturated heterocycles. The highest BCUT2D eigenvalue weighted by Gasteiger charge is 2.57. The van der Waals surface area contributed by atoms with Crippen molar-refractivity contribution >= 4 is 23.2 Å². The first kappa shape index (κ1) is 19.7. The highest BCUT2D eigenvalue weighted by atomic mass is 35.5. The molecule has 0 bridgehead atoms. The van der Waals surface area contributed by atoms with Gasteiger partial charge in [-0.25, -0.2) is 0 Å². The molecule has 0 radical (unpaired) electrons. The number of hydrogen-bond acceptors (Lipinski definition) is 4. The van der Waals surface area contributed by atoms with E-state index in [4.69, 9.17) is 16.3 Å². The van der Waals surface area contributed by atoms with E-state index in [1.807, 2.05) is 42.5 Å². The van der Waals surface area contributed by atoms with Crippen molar-refractivity contribution < 1.29 is 19.7 Å². The van der Waals surface area contributed by atoms with Gasteiger partial charge in [0.25, 0.3) is 0 Å². The Labute approximate surface area is 195 Å². The zero-order valence-corrected chi connectivity index (χ0v) is 18.1. The summed E-state index contributed by atoms with van der Waals surface area (Å²) in [7, 11) is 0. The van der Waals surface area contributed by atoms with E-state index in [2.05, 4.69) is 0 Å². The fourth-order valence-corrected chi connectivity index (χ4v) is 5.19. The molecule has 5 nitrogen and oxygen atoms in total. The van der Waals surface area contributed by atoms with Crippen LogP contribution < -0.4 is 9.64 Å². The number of amides is 1. The topological polar surface area (TPSA) is 70.0 Å². The van der Waals surface area contributed by atoms with Gasteiger partial charge in [0.2, 0.25) is 5.91 Å². The number of anilines is 1. The molecule has 0 aliphatic carbocycles. The summed E-state index contributed by atoms with van der Waals surface area (Å²) >= 11 is 6.43. The molecule has 4 aromatic rings. The maximum atomic E-state index is 14.5. The van der Waals surface area contributed by atoms with Gasteiger partial charge in [-0.1, -0.05) is 48.0 Å². The van der Waals surface area contributed by atoms with Crippen molar-refractivity contribution in [2.75, 3.05) is 4.90 Å². The van der Waals surface area contributed by atoms with E-state index in [0.717, 1.165) is 16.8 Å². The monoisotopic (exact) mass is 455 g/mol. The Kier molecular flexibility index (Phi) is 4.19. The third kappa shape index (κ3) is 2.69. The molecule has 2 heterocycles. The predicted molar refractivity (Wildman–Crippen MR) is 125 cm³/mol. The molecule has 2 aliphatic rings. The molecule has 0 saturated carbocycles. The maximum absolute atomic E-state index is 14.5. The van der Waals surface area contributed by atoms with Crippen LogP contribution in [-0.4, -0.2) is 16.1 Å². The fraction of sp³-hybridized carbons (Fsp3) is 0.0741. The SMILES string of the molecule is O=C1N(Cc2ccccc2Cl)c2ccccc2C12c1cc(O)ccc1Oc1ccc(O)cc12. The number of hydrogen-bond donors (Lipinski definition) is 2. The molecule has 1 amide bonds. The minimum Gasteiger partial charge on any atom is -0.508 e.